The Morgan fingerprint density at radius 3 is 2.38 bits per heavy atom. The van der Waals surface area contributed by atoms with E-state index in [0.717, 1.165) is 5.56 Å². The maximum absolute atomic E-state index is 10.9. The molecule has 3 rings (SSSR count). The summed E-state index contributed by atoms with van der Waals surface area (Å²) in [5, 5.41) is 20.0. The first-order valence-corrected chi connectivity index (χ1v) is 10.5. The van der Waals surface area contributed by atoms with Crippen LogP contribution in [0.4, 0.5) is 0 Å². The minimum atomic E-state index is -0.881. The van der Waals surface area contributed by atoms with Crippen molar-refractivity contribution in [3.05, 3.63) is 35.9 Å². The average molecular weight is 411 g/mol. The molecule has 29 heavy (non-hydrogen) atoms. The highest BCUT2D eigenvalue weighted by molar-refractivity contribution is 5.17. The normalized spacial score (nSPS) is 32.3. The summed E-state index contributed by atoms with van der Waals surface area (Å²) >= 11 is 0. The van der Waals surface area contributed by atoms with Gasteiger partial charge in [0.15, 0.2) is 12.6 Å². The predicted octanol–water partition coefficient (Wildman–Crippen LogP) is 2.40. The van der Waals surface area contributed by atoms with Crippen LogP contribution in [0, 0.1) is 5.92 Å². The standard InChI is InChI=1S/C22H34O7/c1-13(2)21-28-20-18(24)19(27-22(20)29-21)17(12-25-14(3)10-11-23)26-15(4)16-8-6-5-7-9-16/h5-9,13-15,17-24H,10-12H2,1-4H3/t14?,15?,17?,18?,19-,20?,21+,22-/m1/s1. The van der Waals surface area contributed by atoms with Crippen molar-refractivity contribution >= 4 is 0 Å². The SMILES string of the molecule is CC(CCO)OCC(OC(C)c1ccccc1)[C@H]1O[C@@H]2O[C@@H](C(C)C)OC2C1O. The Balaban J connectivity index is 1.68. The molecular formula is C22H34O7. The van der Waals surface area contributed by atoms with Gasteiger partial charge in [-0.05, 0) is 25.8 Å². The van der Waals surface area contributed by atoms with Gasteiger partial charge in [0.1, 0.15) is 24.4 Å². The molecule has 2 heterocycles. The van der Waals surface area contributed by atoms with Gasteiger partial charge in [0.05, 0.1) is 18.8 Å². The third-order valence-electron chi connectivity index (χ3n) is 5.43. The van der Waals surface area contributed by atoms with Crippen LogP contribution in [0.1, 0.15) is 45.8 Å². The minimum Gasteiger partial charge on any atom is -0.396 e. The van der Waals surface area contributed by atoms with E-state index < -0.39 is 30.7 Å². The van der Waals surface area contributed by atoms with E-state index in [9.17, 15) is 5.11 Å². The van der Waals surface area contributed by atoms with Gasteiger partial charge in [-0.15, -0.1) is 0 Å². The van der Waals surface area contributed by atoms with E-state index in [4.69, 9.17) is 28.8 Å². The zero-order chi connectivity index (χ0) is 21.0. The number of aliphatic hydroxyl groups is 2. The Morgan fingerprint density at radius 1 is 1.03 bits per heavy atom. The molecule has 2 aliphatic rings. The van der Waals surface area contributed by atoms with Gasteiger partial charge in [-0.25, -0.2) is 0 Å². The van der Waals surface area contributed by atoms with E-state index in [0.29, 0.717) is 6.42 Å². The van der Waals surface area contributed by atoms with Gasteiger partial charge in [0.25, 0.3) is 0 Å². The molecule has 0 aliphatic carbocycles. The van der Waals surface area contributed by atoms with Crippen molar-refractivity contribution in [2.24, 2.45) is 5.92 Å². The first-order chi connectivity index (χ1) is 13.9. The molecule has 7 heteroatoms. The molecule has 0 spiro atoms. The maximum atomic E-state index is 10.9. The van der Waals surface area contributed by atoms with Crippen molar-refractivity contribution in [3.8, 4) is 0 Å². The molecule has 0 aromatic heterocycles. The highest BCUT2D eigenvalue weighted by Gasteiger charge is 2.54. The van der Waals surface area contributed by atoms with Crippen molar-refractivity contribution in [2.45, 2.75) is 83.3 Å². The zero-order valence-corrected chi connectivity index (χ0v) is 17.6. The molecule has 0 amide bonds. The fourth-order valence-corrected chi connectivity index (χ4v) is 3.66. The van der Waals surface area contributed by atoms with Crippen LogP contribution in [-0.4, -0.2) is 66.5 Å². The van der Waals surface area contributed by atoms with Crippen LogP contribution in [0.5, 0.6) is 0 Å². The molecule has 2 aliphatic heterocycles. The number of aliphatic hydroxyl groups excluding tert-OH is 2. The molecule has 8 atom stereocenters. The Labute approximate surface area is 172 Å². The van der Waals surface area contributed by atoms with E-state index in [-0.39, 0.29) is 37.6 Å². The topological polar surface area (TPSA) is 86.6 Å². The lowest BCUT2D eigenvalue weighted by molar-refractivity contribution is -0.215. The van der Waals surface area contributed by atoms with Gasteiger partial charge in [0.2, 0.25) is 0 Å². The summed E-state index contributed by atoms with van der Waals surface area (Å²) in [6.07, 6.45) is -3.38. The van der Waals surface area contributed by atoms with E-state index in [1.165, 1.54) is 0 Å². The number of fused-ring (bicyclic) bond motifs is 1. The van der Waals surface area contributed by atoms with Crippen molar-refractivity contribution in [1.29, 1.82) is 0 Å². The van der Waals surface area contributed by atoms with E-state index in [1.807, 2.05) is 58.0 Å². The molecule has 5 unspecified atom stereocenters. The number of hydrogen-bond donors (Lipinski definition) is 2. The summed E-state index contributed by atoms with van der Waals surface area (Å²) in [6.45, 7) is 8.14. The van der Waals surface area contributed by atoms with E-state index in [1.54, 1.807) is 0 Å². The van der Waals surface area contributed by atoms with Crippen molar-refractivity contribution < 1.29 is 33.9 Å². The first-order valence-electron chi connectivity index (χ1n) is 10.5. The fraction of sp³-hybridized carbons (Fsp3) is 0.727. The van der Waals surface area contributed by atoms with Gasteiger partial charge in [-0.3, -0.25) is 0 Å². The molecule has 164 valence electrons. The number of ether oxygens (including phenoxy) is 5. The molecular weight excluding hydrogens is 376 g/mol. The van der Waals surface area contributed by atoms with E-state index in [2.05, 4.69) is 0 Å². The monoisotopic (exact) mass is 410 g/mol. The zero-order valence-electron chi connectivity index (χ0n) is 17.6. The molecule has 2 saturated heterocycles. The van der Waals surface area contributed by atoms with Crippen LogP contribution in [0.2, 0.25) is 0 Å². The summed E-state index contributed by atoms with van der Waals surface area (Å²) in [6, 6.07) is 9.87. The minimum absolute atomic E-state index is 0.0537. The van der Waals surface area contributed by atoms with Crippen molar-refractivity contribution in [1.82, 2.24) is 0 Å². The average Bonchev–Trinajstić information content (AvgIpc) is 3.26. The third kappa shape index (κ3) is 5.55. The van der Waals surface area contributed by atoms with Gasteiger partial charge < -0.3 is 33.9 Å². The molecule has 0 saturated carbocycles. The Kier molecular flexibility index (Phi) is 8.04. The van der Waals surface area contributed by atoms with Crippen LogP contribution in [0.15, 0.2) is 30.3 Å². The second-order valence-corrected chi connectivity index (χ2v) is 8.19. The highest BCUT2D eigenvalue weighted by Crippen LogP contribution is 2.37. The molecule has 0 radical (unpaired) electrons. The Bertz CT molecular complexity index is 610. The molecule has 0 bridgehead atoms. The molecule has 2 fully saturated rings. The van der Waals surface area contributed by atoms with Crippen molar-refractivity contribution in [2.75, 3.05) is 13.2 Å². The first kappa shape index (κ1) is 22.6. The van der Waals surface area contributed by atoms with Gasteiger partial charge in [-0.2, -0.15) is 0 Å². The third-order valence-corrected chi connectivity index (χ3v) is 5.43. The lowest BCUT2D eigenvalue weighted by Crippen LogP contribution is -2.44. The Hall–Kier alpha value is -1.06. The highest BCUT2D eigenvalue weighted by atomic mass is 16.8. The quantitative estimate of drug-likeness (QED) is 0.612. The van der Waals surface area contributed by atoms with Crippen LogP contribution in [0.25, 0.3) is 0 Å². The molecule has 1 aromatic carbocycles. The summed E-state index contributed by atoms with van der Waals surface area (Å²) in [4.78, 5) is 0. The summed E-state index contributed by atoms with van der Waals surface area (Å²) in [7, 11) is 0. The molecule has 7 nitrogen and oxygen atoms in total. The van der Waals surface area contributed by atoms with Crippen LogP contribution in [0.3, 0.4) is 0 Å². The summed E-state index contributed by atoms with van der Waals surface area (Å²) in [5.41, 5.74) is 1.03. The lowest BCUT2D eigenvalue weighted by atomic mass is 10.0. The lowest BCUT2D eigenvalue weighted by Gasteiger charge is -2.31. The van der Waals surface area contributed by atoms with Crippen molar-refractivity contribution in [3.63, 3.8) is 0 Å². The Morgan fingerprint density at radius 2 is 1.76 bits per heavy atom. The fourth-order valence-electron chi connectivity index (χ4n) is 3.66. The number of rotatable bonds is 10. The van der Waals surface area contributed by atoms with Crippen LogP contribution < -0.4 is 0 Å². The second kappa shape index (κ2) is 10.3. The molecule has 1 aromatic rings. The van der Waals surface area contributed by atoms with Crippen LogP contribution in [-0.2, 0) is 23.7 Å². The maximum Gasteiger partial charge on any atom is 0.190 e. The van der Waals surface area contributed by atoms with Gasteiger partial charge in [0, 0.05) is 12.5 Å². The summed E-state index contributed by atoms with van der Waals surface area (Å²) < 4.78 is 29.8. The van der Waals surface area contributed by atoms with Gasteiger partial charge >= 0.3 is 0 Å². The second-order valence-electron chi connectivity index (χ2n) is 8.19. The smallest absolute Gasteiger partial charge is 0.190 e. The van der Waals surface area contributed by atoms with Crippen LogP contribution >= 0.6 is 0 Å². The van der Waals surface area contributed by atoms with Gasteiger partial charge in [-0.1, -0.05) is 44.2 Å². The largest absolute Gasteiger partial charge is 0.396 e. The van der Waals surface area contributed by atoms with E-state index >= 15 is 0 Å². The predicted molar refractivity (Wildman–Crippen MR) is 106 cm³/mol. The molecule has 2 N–H and O–H groups in total. The summed E-state index contributed by atoms with van der Waals surface area (Å²) in [5.74, 6) is 0.169. The number of hydrogen-bond acceptors (Lipinski definition) is 7. The number of benzene rings is 1.